The van der Waals surface area contributed by atoms with Gasteiger partial charge in [0.05, 0.1) is 6.04 Å². The minimum absolute atomic E-state index is 0.0499. The van der Waals surface area contributed by atoms with E-state index in [0.717, 1.165) is 22.9 Å². The number of carbonyl (C=O) groups excluding carboxylic acids is 4. The van der Waals surface area contributed by atoms with Crippen molar-refractivity contribution in [2.75, 3.05) is 6.54 Å². The third-order valence-electron chi connectivity index (χ3n) is 7.20. The van der Waals surface area contributed by atoms with Crippen LogP contribution in [0.15, 0.2) is 30.5 Å². The van der Waals surface area contributed by atoms with E-state index in [1.807, 2.05) is 31.2 Å². The lowest BCUT2D eigenvalue weighted by Gasteiger charge is -2.26. The molecule has 0 spiro atoms. The van der Waals surface area contributed by atoms with Crippen LogP contribution in [0, 0.1) is 5.92 Å². The first-order valence-corrected chi connectivity index (χ1v) is 13.3. The van der Waals surface area contributed by atoms with E-state index in [4.69, 9.17) is 5.73 Å². The molecule has 1 saturated heterocycles. The van der Waals surface area contributed by atoms with Gasteiger partial charge in [-0.2, -0.15) is 0 Å². The molecule has 1 aromatic heterocycles. The van der Waals surface area contributed by atoms with Gasteiger partial charge >= 0.3 is 5.97 Å². The van der Waals surface area contributed by atoms with Gasteiger partial charge in [-0.15, -0.1) is 0 Å². The van der Waals surface area contributed by atoms with Crippen LogP contribution in [0.4, 0.5) is 0 Å². The number of aliphatic carboxylic acids is 1. The van der Waals surface area contributed by atoms with Gasteiger partial charge in [0.25, 0.3) is 0 Å². The number of hydrogen-bond donors (Lipinski definition) is 7. The molecule has 0 saturated carbocycles. The summed E-state index contributed by atoms with van der Waals surface area (Å²) in [6, 6.07) is 3.60. The van der Waals surface area contributed by atoms with Gasteiger partial charge in [0.15, 0.2) is 0 Å². The fourth-order valence-electron chi connectivity index (χ4n) is 4.68. The Kier molecular flexibility index (Phi) is 10.4. The molecule has 8 N–H and O–H groups in total. The summed E-state index contributed by atoms with van der Waals surface area (Å²) < 4.78 is 0. The lowest BCUT2D eigenvalue weighted by atomic mass is 9.97. The van der Waals surface area contributed by atoms with Crippen LogP contribution < -0.4 is 27.0 Å². The van der Waals surface area contributed by atoms with Gasteiger partial charge in [-0.3, -0.25) is 19.2 Å². The maximum absolute atomic E-state index is 13.4. The smallest absolute Gasteiger partial charge is 0.326 e. The Morgan fingerprint density at radius 3 is 2.44 bits per heavy atom. The van der Waals surface area contributed by atoms with Gasteiger partial charge in [0.1, 0.15) is 18.1 Å². The molecule has 212 valence electrons. The highest BCUT2D eigenvalue weighted by Crippen LogP contribution is 2.20. The number of rotatable bonds is 14. The molecule has 4 amide bonds. The summed E-state index contributed by atoms with van der Waals surface area (Å²) >= 11 is 0. The maximum Gasteiger partial charge on any atom is 0.326 e. The number of nitrogens with one attached hydrogen (secondary N) is 5. The summed E-state index contributed by atoms with van der Waals surface area (Å²) in [6.45, 7) is 4.23. The highest BCUT2D eigenvalue weighted by Gasteiger charge is 2.33. The number of aromatic nitrogens is 1. The van der Waals surface area contributed by atoms with E-state index < -0.39 is 47.9 Å². The normalized spacial score (nSPS) is 18.1. The first kappa shape index (κ1) is 29.6. The number of primary amides is 1. The Morgan fingerprint density at radius 1 is 1.08 bits per heavy atom. The fraction of sp³-hybridized carbons (Fsp3) is 0.519. The Bertz CT molecular complexity index is 1190. The number of carboxylic acids is 1. The molecule has 5 unspecified atom stereocenters. The molecule has 12 heteroatoms. The molecule has 5 atom stereocenters. The van der Waals surface area contributed by atoms with Gasteiger partial charge in [-0.25, -0.2) is 4.79 Å². The second-order valence-electron chi connectivity index (χ2n) is 10.0. The molecule has 1 aliphatic rings. The summed E-state index contributed by atoms with van der Waals surface area (Å²) in [6.07, 6.45) is 3.56. The number of amides is 4. The molecule has 2 heterocycles. The van der Waals surface area contributed by atoms with Crippen molar-refractivity contribution in [2.24, 2.45) is 11.7 Å². The molecule has 0 bridgehead atoms. The van der Waals surface area contributed by atoms with Crippen LogP contribution in [0.2, 0.25) is 0 Å². The zero-order valence-electron chi connectivity index (χ0n) is 22.3. The van der Waals surface area contributed by atoms with E-state index in [0.29, 0.717) is 19.4 Å². The maximum atomic E-state index is 13.4. The number of carbonyl (C=O) groups is 5. The monoisotopic (exact) mass is 542 g/mol. The van der Waals surface area contributed by atoms with Crippen molar-refractivity contribution in [3.63, 3.8) is 0 Å². The number of nitrogens with two attached hydrogens (primary N) is 1. The van der Waals surface area contributed by atoms with Crippen LogP contribution >= 0.6 is 0 Å². The first-order chi connectivity index (χ1) is 18.6. The number of carboxylic acid groups (broad SMARTS) is 1. The lowest BCUT2D eigenvalue weighted by molar-refractivity contribution is -0.143. The predicted molar refractivity (Wildman–Crippen MR) is 144 cm³/mol. The van der Waals surface area contributed by atoms with Crippen molar-refractivity contribution in [3.8, 4) is 0 Å². The van der Waals surface area contributed by atoms with Crippen LogP contribution in [0.25, 0.3) is 10.9 Å². The number of aromatic amines is 1. The van der Waals surface area contributed by atoms with E-state index in [-0.39, 0.29) is 31.1 Å². The third kappa shape index (κ3) is 8.03. The van der Waals surface area contributed by atoms with Crippen molar-refractivity contribution >= 4 is 40.5 Å². The second-order valence-corrected chi connectivity index (χ2v) is 10.0. The minimum Gasteiger partial charge on any atom is -0.480 e. The molecule has 1 aliphatic heterocycles. The number of H-pyrrole nitrogens is 1. The zero-order valence-corrected chi connectivity index (χ0v) is 22.3. The molecular weight excluding hydrogens is 504 g/mol. The fourth-order valence-corrected chi connectivity index (χ4v) is 4.68. The zero-order chi connectivity index (χ0) is 28.5. The van der Waals surface area contributed by atoms with Gasteiger partial charge in [0.2, 0.25) is 23.6 Å². The molecule has 2 aromatic rings. The van der Waals surface area contributed by atoms with Crippen LogP contribution in [-0.2, 0) is 30.4 Å². The summed E-state index contributed by atoms with van der Waals surface area (Å²) in [5.74, 6) is -3.87. The summed E-state index contributed by atoms with van der Waals surface area (Å²) in [5.41, 5.74) is 6.88. The van der Waals surface area contributed by atoms with Crippen LogP contribution in [0.3, 0.4) is 0 Å². The van der Waals surface area contributed by atoms with E-state index in [2.05, 4.69) is 26.3 Å². The van der Waals surface area contributed by atoms with E-state index >= 15 is 0 Å². The van der Waals surface area contributed by atoms with Crippen molar-refractivity contribution in [3.05, 3.63) is 36.0 Å². The summed E-state index contributed by atoms with van der Waals surface area (Å²) in [5, 5.41) is 21.6. The van der Waals surface area contributed by atoms with E-state index in [1.54, 1.807) is 13.1 Å². The number of fused-ring (bicyclic) bond motifs is 1. The minimum atomic E-state index is -1.18. The Hall–Kier alpha value is -3.93. The second kappa shape index (κ2) is 13.7. The first-order valence-electron chi connectivity index (χ1n) is 13.3. The Balaban J connectivity index is 1.85. The van der Waals surface area contributed by atoms with Gasteiger partial charge < -0.3 is 37.1 Å². The largest absolute Gasteiger partial charge is 0.480 e. The average molecular weight is 543 g/mol. The number of para-hydroxylation sites is 1. The molecular formula is C27H38N6O6. The number of hydrogen-bond acceptors (Lipinski definition) is 6. The Morgan fingerprint density at radius 2 is 1.79 bits per heavy atom. The van der Waals surface area contributed by atoms with Crippen LogP contribution in [0.1, 0.15) is 51.5 Å². The standard InChI is InChI=1S/C27H38N6O6/c1-3-15(2)23(27(38)39)33-26(37)21(13-16-14-30-18-8-5-4-7-17(16)18)32-25(36)20(10-11-22(28)34)31-24(35)19-9-6-12-29-19/h4-5,7-8,14-15,19-21,23,29-30H,3,6,9-13H2,1-2H3,(H2,28,34)(H,31,35)(H,32,36)(H,33,37)(H,38,39). The summed E-state index contributed by atoms with van der Waals surface area (Å²) in [4.78, 5) is 66.0. The molecule has 1 fully saturated rings. The van der Waals surface area contributed by atoms with Gasteiger partial charge in [-0.1, -0.05) is 38.5 Å². The molecule has 3 rings (SSSR count). The van der Waals surface area contributed by atoms with Gasteiger partial charge in [0, 0.05) is 29.9 Å². The SMILES string of the molecule is CCC(C)C(NC(=O)C(Cc1c[nH]c2ccccc12)NC(=O)C(CCC(N)=O)NC(=O)C1CCCN1)C(=O)O. The number of benzene rings is 1. The van der Waals surface area contributed by atoms with Crippen molar-refractivity contribution in [1.82, 2.24) is 26.3 Å². The predicted octanol–water partition coefficient (Wildman–Crippen LogP) is 0.313. The van der Waals surface area contributed by atoms with Crippen LogP contribution in [-0.4, -0.2) is 70.4 Å². The molecule has 39 heavy (non-hydrogen) atoms. The topological polar surface area (TPSA) is 196 Å². The molecule has 0 aliphatic carbocycles. The van der Waals surface area contributed by atoms with Crippen molar-refractivity contribution < 1.29 is 29.1 Å². The molecule has 0 radical (unpaired) electrons. The highest BCUT2D eigenvalue weighted by molar-refractivity contribution is 5.95. The van der Waals surface area contributed by atoms with Crippen molar-refractivity contribution in [1.29, 1.82) is 0 Å². The Labute approximate surface area is 226 Å². The summed E-state index contributed by atoms with van der Waals surface area (Å²) in [7, 11) is 0. The van der Waals surface area contributed by atoms with E-state index in [9.17, 15) is 29.1 Å². The quantitative estimate of drug-likeness (QED) is 0.178. The third-order valence-corrected chi connectivity index (χ3v) is 7.20. The van der Waals surface area contributed by atoms with Gasteiger partial charge in [-0.05, 0) is 43.4 Å². The molecule has 1 aromatic carbocycles. The van der Waals surface area contributed by atoms with Crippen molar-refractivity contribution in [2.45, 2.75) is 76.5 Å². The van der Waals surface area contributed by atoms with E-state index in [1.165, 1.54) is 0 Å². The highest BCUT2D eigenvalue weighted by atomic mass is 16.4. The van der Waals surface area contributed by atoms with Crippen LogP contribution in [0.5, 0.6) is 0 Å². The molecule has 12 nitrogen and oxygen atoms in total. The lowest BCUT2D eigenvalue weighted by Crippen LogP contribution is -2.58. The average Bonchev–Trinajstić information content (AvgIpc) is 3.59.